The zero-order chi connectivity index (χ0) is 16.5. The van der Waals surface area contributed by atoms with Crippen molar-refractivity contribution in [2.75, 3.05) is 33.9 Å². The van der Waals surface area contributed by atoms with Gasteiger partial charge in [0.05, 0.1) is 26.9 Å². The maximum absolute atomic E-state index is 5.62. The summed E-state index contributed by atoms with van der Waals surface area (Å²) in [6, 6.07) is 5.84. The molecule has 2 rings (SSSR count). The molecule has 128 valence electrons. The number of ether oxygens (including phenoxy) is 3. The van der Waals surface area contributed by atoms with Gasteiger partial charge in [0.2, 0.25) is 0 Å². The van der Waals surface area contributed by atoms with Crippen LogP contribution in [0.2, 0.25) is 0 Å². The molecule has 0 aromatic heterocycles. The highest BCUT2D eigenvalue weighted by Crippen LogP contribution is 2.27. The van der Waals surface area contributed by atoms with E-state index in [2.05, 4.69) is 22.5 Å². The number of rotatable bonds is 7. The third-order valence-corrected chi connectivity index (χ3v) is 3.73. The number of methoxy groups -OCH3 is 2. The van der Waals surface area contributed by atoms with Gasteiger partial charge in [-0.2, -0.15) is 0 Å². The summed E-state index contributed by atoms with van der Waals surface area (Å²) in [7, 11) is 3.27. The van der Waals surface area contributed by atoms with E-state index >= 15 is 0 Å². The molecule has 1 aromatic carbocycles. The van der Waals surface area contributed by atoms with Crippen molar-refractivity contribution in [3.63, 3.8) is 0 Å². The van der Waals surface area contributed by atoms with Crippen molar-refractivity contribution in [3.8, 4) is 11.5 Å². The lowest BCUT2D eigenvalue weighted by molar-refractivity contribution is 0.114. The van der Waals surface area contributed by atoms with Gasteiger partial charge in [0.1, 0.15) is 0 Å². The third-order valence-electron chi connectivity index (χ3n) is 3.73. The molecule has 23 heavy (non-hydrogen) atoms. The molecule has 0 radical (unpaired) electrons. The first-order valence-corrected chi connectivity index (χ1v) is 8.11. The number of aliphatic imine (C=N–C) groups is 1. The molecular weight excluding hydrogens is 294 g/mol. The first kappa shape index (κ1) is 17.4. The van der Waals surface area contributed by atoms with Gasteiger partial charge in [0.15, 0.2) is 17.5 Å². The normalized spacial score (nSPS) is 17.9. The van der Waals surface area contributed by atoms with E-state index in [1.165, 1.54) is 0 Å². The van der Waals surface area contributed by atoms with Crippen molar-refractivity contribution in [2.45, 2.75) is 32.4 Å². The van der Waals surface area contributed by atoms with Gasteiger partial charge in [0, 0.05) is 19.7 Å². The molecule has 1 unspecified atom stereocenters. The van der Waals surface area contributed by atoms with E-state index in [9.17, 15) is 0 Å². The average molecular weight is 321 g/mol. The number of nitrogens with zero attached hydrogens (tertiary/aromatic N) is 1. The van der Waals surface area contributed by atoms with Crippen molar-refractivity contribution in [1.29, 1.82) is 0 Å². The summed E-state index contributed by atoms with van der Waals surface area (Å²) in [5, 5.41) is 6.60. The molecule has 6 nitrogen and oxygen atoms in total. The van der Waals surface area contributed by atoms with Crippen LogP contribution >= 0.6 is 0 Å². The molecule has 1 saturated heterocycles. The second-order valence-electron chi connectivity index (χ2n) is 5.40. The molecule has 0 bridgehead atoms. The molecule has 0 spiro atoms. The van der Waals surface area contributed by atoms with Crippen LogP contribution in [0.4, 0.5) is 0 Å². The molecule has 6 heteroatoms. The molecule has 1 aliphatic rings. The minimum Gasteiger partial charge on any atom is -0.493 e. The van der Waals surface area contributed by atoms with Gasteiger partial charge in [-0.3, -0.25) is 0 Å². The summed E-state index contributed by atoms with van der Waals surface area (Å²) in [6.07, 6.45) is 2.55. The van der Waals surface area contributed by atoms with Crippen LogP contribution in [-0.2, 0) is 11.3 Å². The molecular formula is C17H27N3O3. The summed E-state index contributed by atoms with van der Waals surface area (Å²) in [6.45, 7) is 5.10. The molecule has 1 aliphatic heterocycles. The smallest absolute Gasteiger partial charge is 0.191 e. The van der Waals surface area contributed by atoms with Gasteiger partial charge in [-0.25, -0.2) is 4.99 Å². The lowest BCUT2D eigenvalue weighted by Gasteiger charge is -2.15. The average Bonchev–Trinajstić information content (AvgIpc) is 3.10. The van der Waals surface area contributed by atoms with Crippen molar-refractivity contribution in [2.24, 2.45) is 4.99 Å². The summed E-state index contributed by atoms with van der Waals surface area (Å²) in [5.74, 6) is 2.25. The lowest BCUT2D eigenvalue weighted by atomic mass is 10.2. The fourth-order valence-electron chi connectivity index (χ4n) is 2.51. The van der Waals surface area contributed by atoms with Gasteiger partial charge in [-0.05, 0) is 37.5 Å². The van der Waals surface area contributed by atoms with Crippen molar-refractivity contribution in [1.82, 2.24) is 10.6 Å². The molecule has 1 fully saturated rings. The van der Waals surface area contributed by atoms with Crippen molar-refractivity contribution < 1.29 is 14.2 Å². The fourth-order valence-corrected chi connectivity index (χ4v) is 2.51. The van der Waals surface area contributed by atoms with Gasteiger partial charge in [0.25, 0.3) is 0 Å². The number of guanidine groups is 1. The maximum atomic E-state index is 5.62. The SMILES string of the molecule is CCNC(=NCc1ccc(OC)c(OC)c1)NCC1CCCO1. The minimum absolute atomic E-state index is 0.292. The molecule has 1 heterocycles. The Kier molecular flexibility index (Phi) is 7.00. The van der Waals surface area contributed by atoms with Crippen LogP contribution < -0.4 is 20.1 Å². The Labute approximate surface area is 138 Å². The predicted octanol–water partition coefficient (Wildman–Crippen LogP) is 1.94. The minimum atomic E-state index is 0.292. The second kappa shape index (κ2) is 9.25. The molecule has 1 atom stereocenters. The Balaban J connectivity index is 1.95. The second-order valence-corrected chi connectivity index (χ2v) is 5.40. The van der Waals surface area contributed by atoms with Crippen molar-refractivity contribution in [3.05, 3.63) is 23.8 Å². The first-order valence-electron chi connectivity index (χ1n) is 8.11. The van der Waals surface area contributed by atoms with Crippen molar-refractivity contribution >= 4 is 5.96 Å². The van der Waals surface area contributed by atoms with Crippen LogP contribution in [0.25, 0.3) is 0 Å². The molecule has 1 aromatic rings. The van der Waals surface area contributed by atoms with E-state index in [0.717, 1.165) is 55.6 Å². The quantitative estimate of drug-likeness (QED) is 0.593. The highest BCUT2D eigenvalue weighted by molar-refractivity contribution is 5.79. The number of nitrogens with one attached hydrogen (secondary N) is 2. The topological polar surface area (TPSA) is 64.1 Å². The van der Waals surface area contributed by atoms with E-state index in [-0.39, 0.29) is 0 Å². The maximum Gasteiger partial charge on any atom is 0.191 e. The Hall–Kier alpha value is -1.95. The van der Waals surface area contributed by atoms with E-state index in [0.29, 0.717) is 12.6 Å². The van der Waals surface area contributed by atoms with Crippen LogP contribution in [0.3, 0.4) is 0 Å². The number of hydrogen-bond acceptors (Lipinski definition) is 4. The van der Waals surface area contributed by atoms with Gasteiger partial charge in [-0.15, -0.1) is 0 Å². The summed E-state index contributed by atoms with van der Waals surface area (Å²) in [4.78, 5) is 4.62. The zero-order valence-electron chi connectivity index (χ0n) is 14.2. The Morgan fingerprint density at radius 1 is 1.26 bits per heavy atom. The van der Waals surface area contributed by atoms with Crippen LogP contribution in [0.1, 0.15) is 25.3 Å². The molecule has 0 aliphatic carbocycles. The number of benzene rings is 1. The van der Waals surface area contributed by atoms with Gasteiger partial charge in [-0.1, -0.05) is 6.07 Å². The highest BCUT2D eigenvalue weighted by atomic mass is 16.5. The van der Waals surface area contributed by atoms with Crippen LogP contribution in [-0.4, -0.2) is 46.0 Å². The Morgan fingerprint density at radius 3 is 2.74 bits per heavy atom. The first-order chi connectivity index (χ1) is 11.3. The van der Waals surface area contributed by atoms with E-state index < -0.39 is 0 Å². The predicted molar refractivity (Wildman–Crippen MR) is 91.3 cm³/mol. The third kappa shape index (κ3) is 5.32. The Morgan fingerprint density at radius 2 is 2.09 bits per heavy atom. The number of hydrogen-bond donors (Lipinski definition) is 2. The van der Waals surface area contributed by atoms with Crippen LogP contribution in [0.15, 0.2) is 23.2 Å². The standard InChI is InChI=1S/C17H27N3O3/c1-4-18-17(20-12-14-6-5-9-23-14)19-11-13-7-8-15(21-2)16(10-13)22-3/h7-8,10,14H,4-6,9,11-12H2,1-3H3,(H2,18,19,20). The molecule has 0 amide bonds. The molecule has 0 saturated carbocycles. The van der Waals surface area contributed by atoms with Gasteiger partial charge < -0.3 is 24.8 Å². The highest BCUT2D eigenvalue weighted by Gasteiger charge is 2.15. The van der Waals surface area contributed by atoms with E-state index in [1.807, 2.05) is 18.2 Å². The largest absolute Gasteiger partial charge is 0.493 e. The molecule has 2 N–H and O–H groups in total. The van der Waals surface area contributed by atoms with Crippen LogP contribution in [0, 0.1) is 0 Å². The summed E-state index contributed by atoms with van der Waals surface area (Å²) in [5.41, 5.74) is 1.07. The zero-order valence-corrected chi connectivity index (χ0v) is 14.2. The lowest BCUT2D eigenvalue weighted by Crippen LogP contribution is -2.41. The van der Waals surface area contributed by atoms with Gasteiger partial charge >= 0.3 is 0 Å². The van der Waals surface area contributed by atoms with E-state index in [1.54, 1.807) is 14.2 Å². The summed E-state index contributed by atoms with van der Waals surface area (Å²) >= 11 is 0. The van der Waals surface area contributed by atoms with Crippen LogP contribution in [0.5, 0.6) is 11.5 Å². The van der Waals surface area contributed by atoms with E-state index in [4.69, 9.17) is 14.2 Å². The monoisotopic (exact) mass is 321 g/mol. The summed E-state index contributed by atoms with van der Waals surface area (Å²) < 4.78 is 16.2. The Bertz CT molecular complexity index is 514. The fraction of sp³-hybridized carbons (Fsp3) is 0.588.